The first kappa shape index (κ1) is 11.9. The quantitative estimate of drug-likeness (QED) is 0.759. The molecule has 0 amide bonds. The van der Waals surface area contributed by atoms with Crippen LogP contribution in [-0.4, -0.2) is 11.1 Å². The maximum Gasteiger partial charge on any atom is 0.129 e. The molecule has 0 unspecified atom stereocenters. The van der Waals surface area contributed by atoms with Gasteiger partial charge in [-0.3, -0.25) is 0 Å². The van der Waals surface area contributed by atoms with Crippen molar-refractivity contribution in [3.63, 3.8) is 0 Å². The van der Waals surface area contributed by atoms with Crippen LogP contribution in [0.5, 0.6) is 5.75 Å². The SMILES string of the molecule is CC(C)Oc1ccc(-c2ccnc(Cl)c2)cc1. The van der Waals surface area contributed by atoms with Crippen molar-refractivity contribution in [2.24, 2.45) is 0 Å². The molecule has 2 nitrogen and oxygen atoms in total. The summed E-state index contributed by atoms with van der Waals surface area (Å²) in [7, 11) is 0. The highest BCUT2D eigenvalue weighted by Crippen LogP contribution is 2.24. The topological polar surface area (TPSA) is 22.1 Å². The summed E-state index contributed by atoms with van der Waals surface area (Å²) < 4.78 is 5.59. The van der Waals surface area contributed by atoms with Crippen molar-refractivity contribution in [1.29, 1.82) is 0 Å². The standard InChI is InChI=1S/C14H14ClNO/c1-10(2)17-13-5-3-11(4-6-13)12-7-8-16-14(15)9-12/h3-10H,1-2H3. The minimum absolute atomic E-state index is 0.191. The van der Waals surface area contributed by atoms with Gasteiger partial charge in [0.2, 0.25) is 0 Å². The van der Waals surface area contributed by atoms with Gasteiger partial charge in [0, 0.05) is 6.20 Å². The van der Waals surface area contributed by atoms with E-state index >= 15 is 0 Å². The van der Waals surface area contributed by atoms with Gasteiger partial charge < -0.3 is 4.74 Å². The number of pyridine rings is 1. The summed E-state index contributed by atoms with van der Waals surface area (Å²) >= 11 is 5.86. The van der Waals surface area contributed by atoms with Gasteiger partial charge in [-0.1, -0.05) is 23.7 Å². The van der Waals surface area contributed by atoms with Crippen molar-refractivity contribution in [3.8, 4) is 16.9 Å². The lowest BCUT2D eigenvalue weighted by molar-refractivity contribution is 0.242. The predicted molar refractivity (Wildman–Crippen MR) is 70.4 cm³/mol. The summed E-state index contributed by atoms with van der Waals surface area (Å²) in [6.07, 6.45) is 1.90. The third kappa shape index (κ3) is 3.21. The van der Waals surface area contributed by atoms with Crippen LogP contribution >= 0.6 is 11.6 Å². The number of ether oxygens (including phenoxy) is 1. The van der Waals surface area contributed by atoms with Crippen molar-refractivity contribution in [1.82, 2.24) is 4.98 Å². The maximum atomic E-state index is 5.86. The zero-order chi connectivity index (χ0) is 12.3. The van der Waals surface area contributed by atoms with Gasteiger partial charge in [0.15, 0.2) is 0 Å². The van der Waals surface area contributed by atoms with Gasteiger partial charge in [-0.2, -0.15) is 0 Å². The van der Waals surface area contributed by atoms with E-state index in [0.29, 0.717) is 5.15 Å². The molecule has 2 rings (SSSR count). The van der Waals surface area contributed by atoms with E-state index in [4.69, 9.17) is 16.3 Å². The van der Waals surface area contributed by atoms with Crippen LogP contribution in [0.4, 0.5) is 0 Å². The van der Waals surface area contributed by atoms with Crippen LogP contribution in [0.3, 0.4) is 0 Å². The van der Waals surface area contributed by atoms with E-state index < -0.39 is 0 Å². The molecule has 0 N–H and O–H groups in total. The summed E-state index contributed by atoms with van der Waals surface area (Å²) in [4.78, 5) is 3.96. The molecular formula is C14H14ClNO. The number of hydrogen-bond donors (Lipinski definition) is 0. The first-order valence-electron chi connectivity index (χ1n) is 5.54. The van der Waals surface area contributed by atoms with Crippen LogP contribution in [0.2, 0.25) is 5.15 Å². The second kappa shape index (κ2) is 5.19. The van der Waals surface area contributed by atoms with Gasteiger partial charge in [0.1, 0.15) is 10.9 Å². The molecule has 0 atom stereocenters. The molecule has 1 aromatic carbocycles. The molecule has 2 aromatic rings. The molecule has 3 heteroatoms. The van der Waals surface area contributed by atoms with E-state index in [9.17, 15) is 0 Å². The highest BCUT2D eigenvalue weighted by molar-refractivity contribution is 6.29. The first-order chi connectivity index (χ1) is 8.15. The van der Waals surface area contributed by atoms with E-state index in [1.165, 1.54) is 0 Å². The molecule has 0 aliphatic carbocycles. The van der Waals surface area contributed by atoms with Crippen LogP contribution in [-0.2, 0) is 0 Å². The molecule has 1 heterocycles. The second-order valence-electron chi connectivity index (χ2n) is 4.06. The minimum atomic E-state index is 0.191. The fourth-order valence-electron chi connectivity index (χ4n) is 1.58. The fraction of sp³-hybridized carbons (Fsp3) is 0.214. The number of aromatic nitrogens is 1. The molecule has 0 radical (unpaired) electrons. The molecule has 0 saturated heterocycles. The molecule has 0 aliphatic heterocycles. The summed E-state index contributed by atoms with van der Waals surface area (Å²) in [5.41, 5.74) is 2.16. The Kier molecular flexibility index (Phi) is 3.64. The lowest BCUT2D eigenvalue weighted by Crippen LogP contribution is -2.05. The van der Waals surface area contributed by atoms with Crippen LogP contribution < -0.4 is 4.74 Å². The average molecular weight is 248 g/mol. The smallest absolute Gasteiger partial charge is 0.129 e. The van der Waals surface area contributed by atoms with Gasteiger partial charge in [0.25, 0.3) is 0 Å². The van der Waals surface area contributed by atoms with Crippen LogP contribution in [0.25, 0.3) is 11.1 Å². The molecule has 0 saturated carbocycles. The lowest BCUT2D eigenvalue weighted by Gasteiger charge is -2.10. The number of nitrogens with zero attached hydrogens (tertiary/aromatic N) is 1. The Labute approximate surface area is 106 Å². The number of rotatable bonds is 3. The van der Waals surface area contributed by atoms with Gasteiger partial charge >= 0.3 is 0 Å². The van der Waals surface area contributed by atoms with E-state index in [0.717, 1.165) is 16.9 Å². The van der Waals surface area contributed by atoms with E-state index in [1.54, 1.807) is 6.20 Å². The van der Waals surface area contributed by atoms with E-state index in [2.05, 4.69) is 4.98 Å². The summed E-state index contributed by atoms with van der Waals surface area (Å²) in [5.74, 6) is 0.879. The maximum absolute atomic E-state index is 5.86. The zero-order valence-corrected chi connectivity index (χ0v) is 10.6. The Morgan fingerprint density at radius 2 is 1.76 bits per heavy atom. The van der Waals surface area contributed by atoms with Gasteiger partial charge in [0.05, 0.1) is 6.10 Å². The Morgan fingerprint density at radius 3 is 2.35 bits per heavy atom. The van der Waals surface area contributed by atoms with Gasteiger partial charge in [-0.25, -0.2) is 4.98 Å². The fourth-order valence-corrected chi connectivity index (χ4v) is 1.75. The molecular weight excluding hydrogens is 234 g/mol. The van der Waals surface area contributed by atoms with Gasteiger partial charge in [-0.15, -0.1) is 0 Å². The Balaban J connectivity index is 2.23. The van der Waals surface area contributed by atoms with Crippen LogP contribution in [0.1, 0.15) is 13.8 Å². The van der Waals surface area contributed by atoms with Crippen molar-refractivity contribution in [2.45, 2.75) is 20.0 Å². The summed E-state index contributed by atoms with van der Waals surface area (Å²) in [5, 5.41) is 0.505. The van der Waals surface area contributed by atoms with E-state index in [1.807, 2.05) is 50.2 Å². The third-order valence-corrected chi connectivity index (χ3v) is 2.49. The molecule has 17 heavy (non-hydrogen) atoms. The average Bonchev–Trinajstić information content (AvgIpc) is 2.29. The number of benzene rings is 1. The Hall–Kier alpha value is -1.54. The number of halogens is 1. The van der Waals surface area contributed by atoms with Gasteiger partial charge in [-0.05, 0) is 49.2 Å². The largest absolute Gasteiger partial charge is 0.491 e. The molecule has 0 spiro atoms. The second-order valence-corrected chi connectivity index (χ2v) is 4.45. The molecule has 0 bridgehead atoms. The molecule has 0 aliphatic rings. The molecule has 1 aromatic heterocycles. The predicted octanol–water partition coefficient (Wildman–Crippen LogP) is 4.19. The van der Waals surface area contributed by atoms with Crippen molar-refractivity contribution in [3.05, 3.63) is 47.7 Å². The lowest BCUT2D eigenvalue weighted by atomic mass is 10.1. The highest BCUT2D eigenvalue weighted by Gasteiger charge is 2.01. The summed E-state index contributed by atoms with van der Waals surface area (Å²) in [6, 6.07) is 11.7. The Bertz CT molecular complexity index is 494. The zero-order valence-electron chi connectivity index (χ0n) is 9.85. The number of hydrogen-bond acceptors (Lipinski definition) is 2. The normalized spacial score (nSPS) is 10.6. The summed E-state index contributed by atoms with van der Waals surface area (Å²) in [6.45, 7) is 4.02. The first-order valence-corrected chi connectivity index (χ1v) is 5.91. The molecule has 0 fully saturated rings. The minimum Gasteiger partial charge on any atom is -0.491 e. The third-order valence-electron chi connectivity index (χ3n) is 2.29. The van der Waals surface area contributed by atoms with Crippen LogP contribution in [0, 0.1) is 0 Å². The monoisotopic (exact) mass is 247 g/mol. The molecule has 88 valence electrons. The van der Waals surface area contributed by atoms with Crippen molar-refractivity contribution >= 4 is 11.6 Å². The highest BCUT2D eigenvalue weighted by atomic mass is 35.5. The van der Waals surface area contributed by atoms with Crippen LogP contribution in [0.15, 0.2) is 42.6 Å². The van der Waals surface area contributed by atoms with Crippen molar-refractivity contribution < 1.29 is 4.74 Å². The Morgan fingerprint density at radius 1 is 1.06 bits per heavy atom. The van der Waals surface area contributed by atoms with Crippen molar-refractivity contribution in [2.75, 3.05) is 0 Å². The van der Waals surface area contributed by atoms with E-state index in [-0.39, 0.29) is 6.10 Å².